The van der Waals surface area contributed by atoms with Gasteiger partial charge in [0.15, 0.2) is 12.4 Å². The summed E-state index contributed by atoms with van der Waals surface area (Å²) in [6.07, 6.45) is 25.2. The van der Waals surface area contributed by atoms with Gasteiger partial charge in [-0.2, -0.15) is 0 Å². The molecule has 0 fully saturated rings. The van der Waals surface area contributed by atoms with Gasteiger partial charge in [-0.1, -0.05) is 60.7 Å². The molecule has 0 aliphatic carbocycles. The van der Waals surface area contributed by atoms with Gasteiger partial charge in [0.25, 0.3) is 0 Å². The number of benzene rings is 2. The first-order valence-electron chi connectivity index (χ1n) is 16.7. The molecule has 0 amide bonds. The molecule has 4 aromatic rings. The summed E-state index contributed by atoms with van der Waals surface area (Å²) >= 11 is 0. The monoisotopic (exact) mass is 645 g/mol. The fourth-order valence-corrected chi connectivity index (χ4v) is 6.89. The molecule has 0 atom stereocenters. The van der Waals surface area contributed by atoms with Crippen LogP contribution < -0.4 is 4.57 Å². The summed E-state index contributed by atoms with van der Waals surface area (Å²) in [6, 6.07) is 29.5. The number of aromatic nitrogens is 2. The Bertz CT molecular complexity index is 2430. The molecular weight excluding hydrogens is 613 g/mol. The molecule has 6 nitrogen and oxygen atoms in total. The molecule has 5 aliphatic heterocycles. The normalized spacial score (nSPS) is 17.8. The van der Waals surface area contributed by atoms with Gasteiger partial charge in [0.05, 0.1) is 34.2 Å². The second kappa shape index (κ2) is 12.1. The maximum atomic E-state index is 5.35. The van der Waals surface area contributed by atoms with E-state index in [1.165, 1.54) is 0 Å². The molecule has 7 heterocycles. The van der Waals surface area contributed by atoms with Crippen molar-refractivity contribution in [2.24, 2.45) is 22.0 Å². The lowest BCUT2D eigenvalue weighted by atomic mass is 9.97. The highest BCUT2D eigenvalue weighted by molar-refractivity contribution is 6.36. The third-order valence-electron chi connectivity index (χ3n) is 9.34. The Labute approximate surface area is 291 Å². The van der Waals surface area contributed by atoms with Crippen molar-refractivity contribution in [1.29, 1.82) is 0 Å². The lowest BCUT2D eigenvalue weighted by Gasteiger charge is -2.16. The second-order valence-electron chi connectivity index (χ2n) is 12.7. The zero-order valence-corrected chi connectivity index (χ0v) is 27.7. The summed E-state index contributed by atoms with van der Waals surface area (Å²) in [4.78, 5) is 21.9. The Morgan fingerprint density at radius 2 is 0.920 bits per heavy atom. The zero-order chi connectivity index (χ0) is 33.6. The summed E-state index contributed by atoms with van der Waals surface area (Å²) in [6.45, 7) is 0. The minimum Gasteiger partial charge on any atom is -0.357 e. The van der Waals surface area contributed by atoms with Crippen molar-refractivity contribution in [3.63, 3.8) is 0 Å². The van der Waals surface area contributed by atoms with Crippen molar-refractivity contribution in [1.82, 2.24) is 9.88 Å². The number of fused-ring (bicyclic) bond motifs is 5. The largest absolute Gasteiger partial charge is 0.357 e. The van der Waals surface area contributed by atoms with Gasteiger partial charge >= 0.3 is 0 Å². The lowest BCUT2D eigenvalue weighted by Crippen LogP contribution is -2.26. The number of nitrogens with one attached hydrogen (secondary N) is 1. The fraction of sp³-hybridized carbons (Fsp3) is 0.0455. The van der Waals surface area contributed by atoms with Crippen LogP contribution in [0.5, 0.6) is 0 Å². The smallest absolute Gasteiger partial charge is 0.169 e. The van der Waals surface area contributed by atoms with E-state index in [1.807, 2.05) is 35.7 Å². The van der Waals surface area contributed by atoms with Crippen LogP contribution in [0, 0.1) is 0 Å². The van der Waals surface area contributed by atoms with Crippen LogP contribution in [0.25, 0.3) is 16.7 Å². The van der Waals surface area contributed by atoms with Gasteiger partial charge in [0, 0.05) is 65.3 Å². The number of aryl methyl sites for hydroxylation is 1. The number of rotatable bonds is 3. The van der Waals surface area contributed by atoms with Gasteiger partial charge in [-0.05, 0) is 83.0 Å². The highest BCUT2D eigenvalue weighted by atomic mass is 15.0. The average Bonchev–Trinajstić information content (AvgIpc) is 3.98. The molecule has 2 aromatic heterocycles. The maximum absolute atomic E-state index is 5.35. The third kappa shape index (κ3) is 5.24. The maximum Gasteiger partial charge on any atom is 0.169 e. The number of H-pyrrole nitrogens is 1. The Hall–Kier alpha value is -6.66. The van der Waals surface area contributed by atoms with E-state index in [4.69, 9.17) is 15.0 Å². The Morgan fingerprint density at radius 3 is 1.42 bits per heavy atom. The minimum atomic E-state index is 0.858. The quantitative estimate of drug-likeness (QED) is 0.225. The van der Waals surface area contributed by atoms with E-state index in [1.54, 1.807) is 0 Å². The van der Waals surface area contributed by atoms with Crippen molar-refractivity contribution in [2.45, 2.75) is 0 Å². The van der Waals surface area contributed by atoms with E-state index in [-0.39, 0.29) is 0 Å². The first-order valence-corrected chi connectivity index (χ1v) is 16.7. The SMILES string of the molecule is CN1C=CC(=C2C3=NC(=C(c4cc[n+](C)cc4)C4=NC(=C(c5ccccc5)c5ccc([nH]5)C(c5ccccc5)=C5C=CC2=N5)C=C4)C=C3)C=C1. The molecule has 238 valence electrons. The van der Waals surface area contributed by atoms with Crippen LogP contribution in [-0.4, -0.2) is 34.1 Å². The molecule has 0 saturated heterocycles. The molecule has 2 aromatic carbocycles. The Morgan fingerprint density at radius 1 is 0.480 bits per heavy atom. The van der Waals surface area contributed by atoms with Crippen LogP contribution in [0.3, 0.4) is 0 Å². The minimum absolute atomic E-state index is 0.858. The number of hydrogen-bond acceptors (Lipinski definition) is 4. The van der Waals surface area contributed by atoms with Crippen LogP contribution in [0.15, 0.2) is 202 Å². The van der Waals surface area contributed by atoms with Gasteiger partial charge in [0.2, 0.25) is 0 Å². The number of aliphatic imine (C=N–C) groups is 3. The predicted molar refractivity (Wildman–Crippen MR) is 203 cm³/mol. The molecule has 1 N–H and O–H groups in total. The third-order valence-corrected chi connectivity index (χ3v) is 9.34. The van der Waals surface area contributed by atoms with E-state index >= 15 is 0 Å². The second-order valence-corrected chi connectivity index (χ2v) is 12.7. The van der Waals surface area contributed by atoms with E-state index in [2.05, 4.69) is 151 Å². The fourth-order valence-electron chi connectivity index (χ4n) is 6.89. The van der Waals surface area contributed by atoms with E-state index < -0.39 is 0 Å². The number of nitrogens with zero attached hydrogens (tertiary/aromatic N) is 5. The van der Waals surface area contributed by atoms with Gasteiger partial charge < -0.3 is 9.88 Å². The van der Waals surface area contributed by atoms with Gasteiger partial charge in [0.1, 0.15) is 7.05 Å². The van der Waals surface area contributed by atoms with Crippen molar-refractivity contribution in [2.75, 3.05) is 7.05 Å². The molecule has 8 bridgehead atoms. The average molecular weight is 646 g/mol. The van der Waals surface area contributed by atoms with Crippen LogP contribution in [-0.2, 0) is 7.05 Å². The van der Waals surface area contributed by atoms with Crippen LogP contribution in [0.2, 0.25) is 0 Å². The van der Waals surface area contributed by atoms with Crippen LogP contribution in [0.4, 0.5) is 0 Å². The van der Waals surface area contributed by atoms with E-state index in [9.17, 15) is 0 Å². The van der Waals surface area contributed by atoms with Crippen molar-refractivity contribution < 1.29 is 4.57 Å². The van der Waals surface area contributed by atoms with E-state index in [0.29, 0.717) is 0 Å². The van der Waals surface area contributed by atoms with Crippen molar-refractivity contribution in [3.05, 3.63) is 215 Å². The molecule has 5 aliphatic rings. The highest BCUT2D eigenvalue weighted by Gasteiger charge is 2.27. The summed E-state index contributed by atoms with van der Waals surface area (Å²) < 4.78 is 2.04. The number of aromatic amines is 1. The summed E-state index contributed by atoms with van der Waals surface area (Å²) in [5, 5.41) is 0. The summed E-state index contributed by atoms with van der Waals surface area (Å²) in [5.74, 6) is 0. The Balaban J connectivity index is 1.37. The number of hydrogen-bond donors (Lipinski definition) is 1. The van der Waals surface area contributed by atoms with Gasteiger partial charge in [-0.3, -0.25) is 0 Å². The first kappa shape index (κ1) is 29.5. The molecule has 6 heteroatoms. The predicted octanol–water partition coefficient (Wildman–Crippen LogP) is 8.08. The standard InChI is InChI=1S/C44H33N6/c1-49-25-21-31(22-26-49)43-37-17-15-35(46-37)41(29-9-5-3-6-10-29)33-13-14-34(45-33)42(30-11-7-4-8-12-30)36-16-18-38(47-36)44(40-20-19-39(43)48-40)32-23-27-50(2)28-24-32/h3-28,45H,1-2H3/q+1. The highest BCUT2D eigenvalue weighted by Crippen LogP contribution is 2.38. The number of allylic oxidation sites excluding steroid dienone is 11. The first-order chi connectivity index (χ1) is 24.6. The molecule has 50 heavy (non-hydrogen) atoms. The van der Waals surface area contributed by atoms with Gasteiger partial charge in [-0.25, -0.2) is 19.5 Å². The molecule has 0 unspecified atom stereocenters. The molecule has 0 saturated carbocycles. The van der Waals surface area contributed by atoms with Gasteiger partial charge in [-0.15, -0.1) is 0 Å². The number of pyridine rings is 1. The zero-order valence-electron chi connectivity index (χ0n) is 27.7. The topological polar surface area (TPSA) is 60.0 Å². The lowest BCUT2D eigenvalue weighted by molar-refractivity contribution is -0.671. The molecule has 9 rings (SSSR count). The van der Waals surface area contributed by atoms with Crippen LogP contribution in [0.1, 0.15) is 28.1 Å². The molecular formula is C44H33N6+. The van der Waals surface area contributed by atoms with Crippen molar-refractivity contribution >= 4 is 33.9 Å². The van der Waals surface area contributed by atoms with Crippen LogP contribution >= 0.6 is 0 Å². The molecule has 0 spiro atoms. The van der Waals surface area contributed by atoms with E-state index in [0.717, 1.165) is 90.2 Å². The summed E-state index contributed by atoms with van der Waals surface area (Å²) in [7, 11) is 4.06. The molecule has 0 radical (unpaired) electrons. The Kier molecular flexibility index (Phi) is 7.13. The van der Waals surface area contributed by atoms with Crippen molar-refractivity contribution in [3.8, 4) is 0 Å². The summed E-state index contributed by atoms with van der Waals surface area (Å²) in [5.41, 5.74) is 15.5.